The Morgan fingerprint density at radius 1 is 1.42 bits per heavy atom. The number of benzene rings is 1. The molecule has 1 unspecified atom stereocenters. The average molecular weight is 348 g/mol. The SMILES string of the molecule is CCCc1nc(C(=O)N2CCCC(N)C2)nn1-c1ccccc1Cl. The lowest BCUT2D eigenvalue weighted by atomic mass is 10.1. The lowest BCUT2D eigenvalue weighted by molar-refractivity contribution is 0.0696. The van der Waals surface area contributed by atoms with Gasteiger partial charge in [0.15, 0.2) is 0 Å². The van der Waals surface area contributed by atoms with E-state index in [4.69, 9.17) is 17.3 Å². The van der Waals surface area contributed by atoms with E-state index in [9.17, 15) is 4.79 Å². The van der Waals surface area contributed by atoms with Gasteiger partial charge in [-0.15, -0.1) is 5.10 Å². The first-order valence-corrected chi connectivity index (χ1v) is 8.73. The molecule has 24 heavy (non-hydrogen) atoms. The summed E-state index contributed by atoms with van der Waals surface area (Å²) in [5.41, 5.74) is 6.72. The molecule has 2 heterocycles. The van der Waals surface area contributed by atoms with Crippen LogP contribution in [0.4, 0.5) is 0 Å². The maximum Gasteiger partial charge on any atom is 0.293 e. The quantitative estimate of drug-likeness (QED) is 0.921. The van der Waals surface area contributed by atoms with Gasteiger partial charge in [-0.05, 0) is 31.4 Å². The number of nitrogens with two attached hydrogens (primary N) is 1. The molecule has 1 fully saturated rings. The molecule has 1 atom stereocenters. The predicted molar refractivity (Wildman–Crippen MR) is 93.5 cm³/mol. The second-order valence-corrected chi connectivity index (χ2v) is 6.53. The van der Waals surface area contributed by atoms with Gasteiger partial charge in [-0.3, -0.25) is 4.79 Å². The highest BCUT2D eigenvalue weighted by molar-refractivity contribution is 6.32. The lowest BCUT2D eigenvalue weighted by Crippen LogP contribution is -2.46. The number of hydrogen-bond acceptors (Lipinski definition) is 4. The molecule has 0 radical (unpaired) electrons. The Hall–Kier alpha value is -1.92. The fourth-order valence-corrected chi connectivity index (χ4v) is 3.19. The van der Waals surface area contributed by atoms with Crippen molar-refractivity contribution >= 4 is 17.5 Å². The highest BCUT2D eigenvalue weighted by atomic mass is 35.5. The van der Waals surface area contributed by atoms with Crippen molar-refractivity contribution in [2.75, 3.05) is 13.1 Å². The summed E-state index contributed by atoms with van der Waals surface area (Å²) >= 11 is 6.29. The fourth-order valence-electron chi connectivity index (χ4n) is 2.97. The van der Waals surface area contributed by atoms with Gasteiger partial charge in [0.2, 0.25) is 5.82 Å². The van der Waals surface area contributed by atoms with Crippen LogP contribution in [-0.2, 0) is 6.42 Å². The Labute approximate surface area is 146 Å². The molecular formula is C17H22ClN5O. The molecule has 2 aromatic rings. The van der Waals surface area contributed by atoms with Crippen LogP contribution in [0.25, 0.3) is 5.69 Å². The first-order valence-electron chi connectivity index (χ1n) is 8.36. The normalized spacial score (nSPS) is 18.0. The second kappa shape index (κ2) is 7.32. The molecule has 1 aliphatic heterocycles. The number of halogens is 1. The molecular weight excluding hydrogens is 326 g/mol. The number of amides is 1. The van der Waals surface area contributed by atoms with Gasteiger partial charge in [0.25, 0.3) is 5.91 Å². The van der Waals surface area contributed by atoms with Crippen molar-refractivity contribution in [2.24, 2.45) is 5.73 Å². The zero-order valence-corrected chi connectivity index (χ0v) is 14.5. The molecule has 0 spiro atoms. The third-order valence-electron chi connectivity index (χ3n) is 4.16. The molecule has 1 aliphatic rings. The number of rotatable bonds is 4. The molecule has 0 saturated carbocycles. The molecule has 2 N–H and O–H groups in total. The van der Waals surface area contributed by atoms with Crippen LogP contribution >= 0.6 is 11.6 Å². The summed E-state index contributed by atoms with van der Waals surface area (Å²) in [4.78, 5) is 19.0. The number of piperidine rings is 1. The van der Waals surface area contributed by atoms with Crippen molar-refractivity contribution in [2.45, 2.75) is 38.6 Å². The average Bonchev–Trinajstić information content (AvgIpc) is 2.99. The van der Waals surface area contributed by atoms with Crippen LogP contribution < -0.4 is 5.73 Å². The van der Waals surface area contributed by atoms with Gasteiger partial charge in [0, 0.05) is 25.6 Å². The van der Waals surface area contributed by atoms with Crippen molar-refractivity contribution in [3.8, 4) is 5.69 Å². The van der Waals surface area contributed by atoms with E-state index in [-0.39, 0.29) is 17.8 Å². The van der Waals surface area contributed by atoms with Crippen LogP contribution in [0.5, 0.6) is 0 Å². The number of nitrogens with zero attached hydrogens (tertiary/aromatic N) is 4. The van der Waals surface area contributed by atoms with Crippen LogP contribution in [0.3, 0.4) is 0 Å². The number of carbonyl (C=O) groups is 1. The van der Waals surface area contributed by atoms with Crippen molar-refractivity contribution in [3.63, 3.8) is 0 Å². The third kappa shape index (κ3) is 3.44. The Morgan fingerprint density at radius 3 is 2.92 bits per heavy atom. The first-order chi connectivity index (χ1) is 11.6. The van der Waals surface area contributed by atoms with Gasteiger partial charge in [-0.2, -0.15) is 0 Å². The monoisotopic (exact) mass is 347 g/mol. The summed E-state index contributed by atoms with van der Waals surface area (Å²) in [5, 5.41) is 5.03. The standard InChI is InChI=1S/C17H22ClN5O/c1-2-6-15-20-16(17(24)22-10-5-7-12(19)11-22)21-23(15)14-9-4-3-8-13(14)18/h3-4,8-9,12H,2,5-7,10-11,19H2,1H3. The molecule has 1 aromatic carbocycles. The van der Waals surface area contributed by atoms with E-state index in [1.807, 2.05) is 18.2 Å². The van der Waals surface area contributed by atoms with E-state index in [1.54, 1.807) is 15.6 Å². The molecule has 1 amide bonds. The number of carbonyl (C=O) groups excluding carboxylic acids is 1. The van der Waals surface area contributed by atoms with E-state index >= 15 is 0 Å². The molecule has 1 aromatic heterocycles. The first kappa shape index (κ1) is 16.9. The summed E-state index contributed by atoms with van der Waals surface area (Å²) in [7, 11) is 0. The maximum absolute atomic E-state index is 12.7. The van der Waals surface area contributed by atoms with E-state index in [2.05, 4.69) is 17.0 Å². The summed E-state index contributed by atoms with van der Waals surface area (Å²) in [6, 6.07) is 7.47. The lowest BCUT2D eigenvalue weighted by Gasteiger charge is -2.29. The van der Waals surface area contributed by atoms with Crippen LogP contribution in [0.15, 0.2) is 24.3 Å². The summed E-state index contributed by atoms with van der Waals surface area (Å²) in [6.07, 6.45) is 3.50. The van der Waals surface area contributed by atoms with Gasteiger partial charge >= 0.3 is 0 Å². The molecule has 6 nitrogen and oxygen atoms in total. The molecule has 0 bridgehead atoms. The number of hydrogen-bond donors (Lipinski definition) is 1. The minimum atomic E-state index is -0.159. The van der Waals surface area contributed by atoms with Crippen LogP contribution in [0.1, 0.15) is 42.6 Å². The second-order valence-electron chi connectivity index (χ2n) is 6.12. The zero-order chi connectivity index (χ0) is 17.1. The van der Waals surface area contributed by atoms with Gasteiger partial charge < -0.3 is 10.6 Å². The van der Waals surface area contributed by atoms with Crippen LogP contribution in [-0.4, -0.2) is 44.7 Å². The van der Waals surface area contributed by atoms with Gasteiger partial charge in [-0.25, -0.2) is 9.67 Å². The Kier molecular flexibility index (Phi) is 5.16. The maximum atomic E-state index is 12.7. The van der Waals surface area contributed by atoms with Gasteiger partial charge in [-0.1, -0.05) is 30.7 Å². The highest BCUT2D eigenvalue weighted by Crippen LogP contribution is 2.21. The smallest absolute Gasteiger partial charge is 0.293 e. The molecule has 128 valence electrons. The van der Waals surface area contributed by atoms with E-state index in [1.165, 1.54) is 0 Å². The number of aromatic nitrogens is 3. The van der Waals surface area contributed by atoms with Gasteiger partial charge in [0.05, 0.1) is 10.7 Å². The third-order valence-corrected chi connectivity index (χ3v) is 4.48. The van der Waals surface area contributed by atoms with Crippen LogP contribution in [0.2, 0.25) is 5.02 Å². The van der Waals surface area contributed by atoms with Gasteiger partial charge in [0.1, 0.15) is 5.82 Å². The molecule has 1 saturated heterocycles. The minimum absolute atomic E-state index is 0.0310. The number of para-hydroxylation sites is 1. The number of likely N-dealkylation sites (tertiary alicyclic amines) is 1. The van der Waals surface area contributed by atoms with Crippen LogP contribution in [0, 0.1) is 0 Å². The summed E-state index contributed by atoms with van der Waals surface area (Å²) < 4.78 is 1.68. The molecule has 3 rings (SSSR count). The topological polar surface area (TPSA) is 77.0 Å². The zero-order valence-electron chi connectivity index (χ0n) is 13.8. The summed E-state index contributed by atoms with van der Waals surface area (Å²) in [6.45, 7) is 3.33. The highest BCUT2D eigenvalue weighted by Gasteiger charge is 2.26. The summed E-state index contributed by atoms with van der Waals surface area (Å²) in [5.74, 6) is 0.802. The van der Waals surface area contributed by atoms with Crippen molar-refractivity contribution < 1.29 is 4.79 Å². The minimum Gasteiger partial charge on any atom is -0.334 e. The molecule has 7 heteroatoms. The largest absolute Gasteiger partial charge is 0.334 e. The van der Waals surface area contributed by atoms with E-state index in [0.717, 1.165) is 37.2 Å². The Bertz CT molecular complexity index is 730. The Morgan fingerprint density at radius 2 is 2.21 bits per heavy atom. The van der Waals surface area contributed by atoms with Crippen molar-refractivity contribution in [1.82, 2.24) is 19.7 Å². The predicted octanol–water partition coefficient (Wildman–Crippen LogP) is 2.44. The van der Waals surface area contributed by atoms with E-state index in [0.29, 0.717) is 18.1 Å². The Balaban J connectivity index is 1.94. The molecule has 0 aliphatic carbocycles. The number of aryl methyl sites for hydroxylation is 1. The van der Waals surface area contributed by atoms with E-state index < -0.39 is 0 Å². The van der Waals surface area contributed by atoms with Crippen molar-refractivity contribution in [3.05, 3.63) is 40.9 Å². The fraction of sp³-hybridized carbons (Fsp3) is 0.471. The van der Waals surface area contributed by atoms with Crippen molar-refractivity contribution in [1.29, 1.82) is 0 Å².